The molecule has 0 unspecified atom stereocenters. The molecule has 3 heteroatoms. The molecule has 11 heavy (non-hydrogen) atoms. The zero-order valence-electron chi connectivity index (χ0n) is 5.95. The highest BCUT2D eigenvalue weighted by Gasteiger charge is 2.05. The van der Waals surface area contributed by atoms with Crippen LogP contribution in [0.3, 0.4) is 0 Å². The fraction of sp³-hybridized carbons (Fsp3) is 0.125. The Balaban J connectivity index is 2.90. The first-order valence-corrected chi connectivity index (χ1v) is 3.16. The summed E-state index contributed by atoms with van der Waals surface area (Å²) in [6.45, 7) is 3.50. The molecule has 0 aliphatic carbocycles. The van der Waals surface area contributed by atoms with Crippen molar-refractivity contribution in [3.8, 4) is 6.07 Å². The SMILES string of the molecule is C=C[C@@H](N)c1ccc(C#N)o1. The van der Waals surface area contributed by atoms with Gasteiger partial charge in [0.2, 0.25) is 5.76 Å². The maximum absolute atomic E-state index is 8.40. The maximum Gasteiger partial charge on any atom is 0.203 e. The molecule has 0 radical (unpaired) electrons. The van der Waals surface area contributed by atoms with Crippen molar-refractivity contribution in [3.63, 3.8) is 0 Å². The Kier molecular flexibility index (Phi) is 2.09. The van der Waals surface area contributed by atoms with E-state index in [9.17, 15) is 0 Å². The van der Waals surface area contributed by atoms with Gasteiger partial charge in [-0.3, -0.25) is 0 Å². The van der Waals surface area contributed by atoms with Gasteiger partial charge in [-0.1, -0.05) is 6.08 Å². The molecule has 1 rings (SSSR count). The summed E-state index contributed by atoms with van der Waals surface area (Å²) in [5.41, 5.74) is 5.54. The zero-order valence-corrected chi connectivity index (χ0v) is 5.95. The average Bonchev–Trinajstić information content (AvgIpc) is 2.50. The quantitative estimate of drug-likeness (QED) is 0.643. The number of rotatable bonds is 2. The van der Waals surface area contributed by atoms with Crippen molar-refractivity contribution in [2.75, 3.05) is 0 Å². The first-order chi connectivity index (χ1) is 5.27. The molecule has 3 nitrogen and oxygen atoms in total. The Morgan fingerprint density at radius 2 is 2.45 bits per heavy atom. The summed E-state index contributed by atoms with van der Waals surface area (Å²) in [5.74, 6) is 0.842. The van der Waals surface area contributed by atoms with Crippen LogP contribution in [0.1, 0.15) is 17.6 Å². The zero-order chi connectivity index (χ0) is 8.27. The molecule has 0 saturated carbocycles. The minimum atomic E-state index is -0.322. The van der Waals surface area contributed by atoms with Gasteiger partial charge in [0.15, 0.2) is 0 Å². The molecular weight excluding hydrogens is 140 g/mol. The number of nitrogens with zero attached hydrogens (tertiary/aromatic N) is 1. The molecule has 0 aliphatic heterocycles. The van der Waals surface area contributed by atoms with E-state index in [1.807, 2.05) is 6.07 Å². The smallest absolute Gasteiger partial charge is 0.203 e. The van der Waals surface area contributed by atoms with Gasteiger partial charge in [-0.15, -0.1) is 6.58 Å². The highest BCUT2D eigenvalue weighted by atomic mass is 16.3. The van der Waals surface area contributed by atoms with Crippen LogP contribution in [0.4, 0.5) is 0 Å². The standard InChI is InChI=1S/C8H8N2O/c1-2-7(10)8-4-3-6(5-9)11-8/h2-4,7H,1,10H2/t7-/m1/s1. The van der Waals surface area contributed by atoms with Gasteiger partial charge in [-0.2, -0.15) is 5.26 Å². The van der Waals surface area contributed by atoms with E-state index in [0.717, 1.165) is 0 Å². The maximum atomic E-state index is 8.40. The summed E-state index contributed by atoms with van der Waals surface area (Å²) in [6, 6.07) is 4.80. The molecule has 1 aromatic heterocycles. The lowest BCUT2D eigenvalue weighted by atomic mass is 10.2. The second-order valence-electron chi connectivity index (χ2n) is 2.08. The van der Waals surface area contributed by atoms with E-state index >= 15 is 0 Å². The lowest BCUT2D eigenvalue weighted by Crippen LogP contribution is -2.04. The van der Waals surface area contributed by atoms with Crippen LogP contribution in [0.2, 0.25) is 0 Å². The summed E-state index contributed by atoms with van der Waals surface area (Å²) < 4.78 is 5.03. The lowest BCUT2D eigenvalue weighted by molar-refractivity contribution is 0.483. The minimum absolute atomic E-state index is 0.275. The molecule has 0 aliphatic rings. The molecule has 0 fully saturated rings. The van der Waals surface area contributed by atoms with Crippen LogP contribution in [0, 0.1) is 11.3 Å². The van der Waals surface area contributed by atoms with Gasteiger partial charge in [-0.05, 0) is 12.1 Å². The van der Waals surface area contributed by atoms with Crippen molar-refractivity contribution >= 4 is 0 Å². The summed E-state index contributed by atoms with van der Waals surface area (Å²) in [6.07, 6.45) is 1.56. The molecule has 0 aromatic carbocycles. The summed E-state index contributed by atoms with van der Waals surface area (Å²) in [4.78, 5) is 0. The van der Waals surface area contributed by atoms with Crippen molar-refractivity contribution in [1.29, 1.82) is 5.26 Å². The molecule has 0 bridgehead atoms. The number of hydrogen-bond donors (Lipinski definition) is 1. The number of hydrogen-bond acceptors (Lipinski definition) is 3. The van der Waals surface area contributed by atoms with E-state index in [-0.39, 0.29) is 11.8 Å². The predicted octanol–water partition coefficient (Wildman–Crippen LogP) is 1.34. The first-order valence-electron chi connectivity index (χ1n) is 3.16. The minimum Gasteiger partial charge on any atom is -0.449 e. The average molecular weight is 148 g/mol. The van der Waals surface area contributed by atoms with E-state index in [2.05, 4.69) is 6.58 Å². The van der Waals surface area contributed by atoms with Crippen LogP contribution in [0.15, 0.2) is 29.2 Å². The van der Waals surface area contributed by atoms with Gasteiger partial charge >= 0.3 is 0 Å². The first kappa shape index (κ1) is 7.58. The predicted molar refractivity (Wildman–Crippen MR) is 40.5 cm³/mol. The van der Waals surface area contributed by atoms with E-state index in [1.165, 1.54) is 0 Å². The Labute approximate surface area is 64.7 Å². The van der Waals surface area contributed by atoms with Crippen molar-refractivity contribution in [2.24, 2.45) is 5.73 Å². The molecule has 0 amide bonds. The Morgan fingerprint density at radius 3 is 2.91 bits per heavy atom. The molecule has 1 aromatic rings. The fourth-order valence-electron chi connectivity index (χ4n) is 0.708. The van der Waals surface area contributed by atoms with Crippen molar-refractivity contribution in [3.05, 3.63) is 36.3 Å². The molecule has 1 atom stereocenters. The molecular formula is C8H8N2O. The fourth-order valence-corrected chi connectivity index (χ4v) is 0.708. The highest BCUT2D eigenvalue weighted by Crippen LogP contribution is 2.13. The van der Waals surface area contributed by atoms with Gasteiger partial charge < -0.3 is 10.2 Å². The monoisotopic (exact) mass is 148 g/mol. The highest BCUT2D eigenvalue weighted by molar-refractivity contribution is 5.21. The molecule has 1 heterocycles. The third kappa shape index (κ3) is 1.48. The largest absolute Gasteiger partial charge is 0.449 e. The van der Waals surface area contributed by atoms with Gasteiger partial charge in [0.25, 0.3) is 0 Å². The normalized spacial score (nSPS) is 12.0. The number of nitrogens with two attached hydrogens (primary N) is 1. The Morgan fingerprint density at radius 1 is 1.73 bits per heavy atom. The van der Waals surface area contributed by atoms with Crippen molar-refractivity contribution in [2.45, 2.75) is 6.04 Å². The van der Waals surface area contributed by atoms with Gasteiger partial charge in [0.05, 0.1) is 6.04 Å². The Hall–Kier alpha value is -1.53. The third-order valence-corrected chi connectivity index (χ3v) is 1.32. The van der Waals surface area contributed by atoms with Crippen molar-refractivity contribution < 1.29 is 4.42 Å². The van der Waals surface area contributed by atoms with Crippen LogP contribution < -0.4 is 5.73 Å². The van der Waals surface area contributed by atoms with Crippen LogP contribution in [0.5, 0.6) is 0 Å². The van der Waals surface area contributed by atoms with Crippen LogP contribution in [0.25, 0.3) is 0 Å². The topological polar surface area (TPSA) is 63.0 Å². The molecule has 56 valence electrons. The molecule has 0 saturated heterocycles. The summed E-state index contributed by atoms with van der Waals surface area (Å²) in [7, 11) is 0. The summed E-state index contributed by atoms with van der Waals surface area (Å²) >= 11 is 0. The third-order valence-electron chi connectivity index (χ3n) is 1.32. The molecule has 0 spiro atoms. The van der Waals surface area contributed by atoms with Gasteiger partial charge in [0, 0.05) is 0 Å². The van der Waals surface area contributed by atoms with E-state index in [0.29, 0.717) is 5.76 Å². The second kappa shape index (κ2) is 3.04. The van der Waals surface area contributed by atoms with E-state index < -0.39 is 0 Å². The Bertz CT molecular complexity index is 295. The van der Waals surface area contributed by atoms with Crippen LogP contribution in [-0.4, -0.2) is 0 Å². The van der Waals surface area contributed by atoms with E-state index in [1.54, 1.807) is 18.2 Å². The van der Waals surface area contributed by atoms with Crippen LogP contribution >= 0.6 is 0 Å². The number of nitriles is 1. The van der Waals surface area contributed by atoms with Gasteiger partial charge in [0.1, 0.15) is 11.8 Å². The molecule has 2 N–H and O–H groups in total. The second-order valence-corrected chi connectivity index (χ2v) is 2.08. The van der Waals surface area contributed by atoms with E-state index in [4.69, 9.17) is 15.4 Å². The lowest BCUT2D eigenvalue weighted by Gasteiger charge is -1.98. The van der Waals surface area contributed by atoms with Crippen LogP contribution in [-0.2, 0) is 0 Å². The van der Waals surface area contributed by atoms with Gasteiger partial charge in [-0.25, -0.2) is 0 Å². The summed E-state index contributed by atoms with van der Waals surface area (Å²) in [5, 5.41) is 8.40. The van der Waals surface area contributed by atoms with Crippen molar-refractivity contribution in [1.82, 2.24) is 0 Å². The number of furan rings is 1.